The minimum absolute atomic E-state index is 0.151. The van der Waals surface area contributed by atoms with Crippen molar-refractivity contribution in [3.05, 3.63) is 65.2 Å². The van der Waals surface area contributed by atoms with Gasteiger partial charge in [-0.15, -0.1) is 0 Å². The van der Waals surface area contributed by atoms with Gasteiger partial charge < -0.3 is 10.6 Å². The van der Waals surface area contributed by atoms with Gasteiger partial charge in [0.1, 0.15) is 0 Å². The Hall–Kier alpha value is -2.34. The smallest absolute Gasteiger partial charge is 0.191 e. The number of hydrogen-bond donors (Lipinski definition) is 2. The Balaban J connectivity index is 1.92. The van der Waals surface area contributed by atoms with Crippen LogP contribution in [0.1, 0.15) is 44.4 Å². The molecule has 0 radical (unpaired) electrons. The Labute approximate surface area is 175 Å². The number of sulfone groups is 1. The van der Waals surface area contributed by atoms with Crippen LogP contribution in [-0.4, -0.2) is 33.7 Å². The van der Waals surface area contributed by atoms with Crippen LogP contribution in [0.4, 0.5) is 0 Å². The van der Waals surface area contributed by atoms with Crippen molar-refractivity contribution < 1.29 is 8.42 Å². The Bertz CT molecular complexity index is 910. The molecule has 0 aliphatic heterocycles. The Morgan fingerprint density at radius 3 is 2.03 bits per heavy atom. The molecule has 29 heavy (non-hydrogen) atoms. The van der Waals surface area contributed by atoms with Crippen LogP contribution in [0.25, 0.3) is 0 Å². The van der Waals surface area contributed by atoms with Gasteiger partial charge in [0.2, 0.25) is 0 Å². The largest absolute Gasteiger partial charge is 0.357 e. The van der Waals surface area contributed by atoms with Crippen molar-refractivity contribution in [2.24, 2.45) is 4.99 Å². The minimum atomic E-state index is -3.15. The molecule has 0 heterocycles. The fourth-order valence-electron chi connectivity index (χ4n) is 2.85. The zero-order chi connectivity index (χ0) is 21.5. The van der Waals surface area contributed by atoms with Crippen LogP contribution in [0.2, 0.25) is 0 Å². The Morgan fingerprint density at radius 2 is 1.52 bits per heavy atom. The molecule has 0 atom stereocenters. The number of nitrogens with zero attached hydrogens (tertiary/aromatic N) is 1. The van der Waals surface area contributed by atoms with Gasteiger partial charge in [0.15, 0.2) is 15.8 Å². The third kappa shape index (κ3) is 7.54. The normalized spacial score (nSPS) is 12.7. The van der Waals surface area contributed by atoms with E-state index in [0.717, 1.165) is 24.5 Å². The predicted molar refractivity (Wildman–Crippen MR) is 121 cm³/mol. The standard InChI is InChI=1S/C23H33N3O2S/c1-6-24-22(26-17-19-7-11-20(12-8-19)23(2,3)4)25-16-15-18-9-13-21(14-10-18)29(5,27)28/h7-14H,6,15-17H2,1-5H3,(H2,24,25,26). The second-order valence-corrected chi connectivity index (χ2v) is 10.3. The number of nitrogens with one attached hydrogen (secondary N) is 2. The molecule has 0 spiro atoms. The van der Waals surface area contributed by atoms with Crippen molar-refractivity contribution >= 4 is 15.8 Å². The van der Waals surface area contributed by atoms with E-state index in [1.807, 2.05) is 19.1 Å². The fraction of sp³-hybridized carbons (Fsp3) is 0.435. The zero-order valence-corrected chi connectivity index (χ0v) is 18.9. The summed E-state index contributed by atoms with van der Waals surface area (Å²) in [6.45, 7) is 10.8. The molecule has 0 fully saturated rings. The number of aliphatic imine (C=N–C) groups is 1. The van der Waals surface area contributed by atoms with Gasteiger partial charge in [-0.2, -0.15) is 0 Å². The van der Waals surface area contributed by atoms with Crippen LogP contribution >= 0.6 is 0 Å². The molecule has 0 unspecified atom stereocenters. The summed E-state index contributed by atoms with van der Waals surface area (Å²) < 4.78 is 23.1. The maximum Gasteiger partial charge on any atom is 0.191 e. The van der Waals surface area contributed by atoms with Crippen molar-refractivity contribution in [3.63, 3.8) is 0 Å². The molecule has 158 valence electrons. The molecular formula is C23H33N3O2S. The van der Waals surface area contributed by atoms with Gasteiger partial charge in [0.25, 0.3) is 0 Å². The average Bonchev–Trinajstić information content (AvgIpc) is 2.65. The SMILES string of the molecule is CCNC(=NCc1ccc(C(C)(C)C)cc1)NCCc1ccc(S(C)(=O)=O)cc1. The first-order valence-corrected chi connectivity index (χ1v) is 11.9. The Morgan fingerprint density at radius 1 is 0.931 bits per heavy atom. The first-order chi connectivity index (χ1) is 13.6. The van der Waals surface area contributed by atoms with Crippen molar-refractivity contribution in [2.45, 2.75) is 51.0 Å². The van der Waals surface area contributed by atoms with E-state index >= 15 is 0 Å². The van der Waals surface area contributed by atoms with E-state index in [9.17, 15) is 8.42 Å². The van der Waals surface area contributed by atoms with E-state index < -0.39 is 9.84 Å². The lowest BCUT2D eigenvalue weighted by molar-refractivity contribution is 0.590. The van der Waals surface area contributed by atoms with E-state index in [-0.39, 0.29) is 5.41 Å². The van der Waals surface area contributed by atoms with Crippen molar-refractivity contribution in [1.82, 2.24) is 10.6 Å². The molecule has 0 aliphatic carbocycles. The molecule has 2 aromatic carbocycles. The molecule has 2 rings (SSSR count). The van der Waals surface area contributed by atoms with Gasteiger partial charge >= 0.3 is 0 Å². The minimum Gasteiger partial charge on any atom is -0.357 e. The summed E-state index contributed by atoms with van der Waals surface area (Å²) in [7, 11) is -3.15. The second kappa shape index (κ2) is 9.92. The van der Waals surface area contributed by atoms with Crippen LogP contribution < -0.4 is 10.6 Å². The van der Waals surface area contributed by atoms with Crippen LogP contribution in [0.5, 0.6) is 0 Å². The predicted octanol–water partition coefficient (Wildman–Crippen LogP) is 3.69. The zero-order valence-electron chi connectivity index (χ0n) is 18.1. The number of benzene rings is 2. The van der Waals surface area contributed by atoms with Gasteiger partial charge in [0, 0.05) is 19.3 Å². The van der Waals surface area contributed by atoms with Gasteiger partial charge in [-0.3, -0.25) is 0 Å². The molecular weight excluding hydrogens is 382 g/mol. The van der Waals surface area contributed by atoms with E-state index in [1.54, 1.807) is 12.1 Å². The number of guanidine groups is 1. The molecule has 2 N–H and O–H groups in total. The Kier molecular flexibility index (Phi) is 7.85. The van der Waals surface area contributed by atoms with E-state index in [1.165, 1.54) is 17.4 Å². The summed E-state index contributed by atoms with van der Waals surface area (Å²) in [5, 5.41) is 6.60. The summed E-state index contributed by atoms with van der Waals surface area (Å²) >= 11 is 0. The summed E-state index contributed by atoms with van der Waals surface area (Å²) in [6, 6.07) is 15.7. The van der Waals surface area contributed by atoms with Crippen molar-refractivity contribution in [1.29, 1.82) is 0 Å². The van der Waals surface area contributed by atoms with E-state index in [4.69, 9.17) is 0 Å². The van der Waals surface area contributed by atoms with Gasteiger partial charge in [-0.05, 0) is 47.6 Å². The van der Waals surface area contributed by atoms with Crippen molar-refractivity contribution in [3.8, 4) is 0 Å². The third-order valence-corrected chi connectivity index (χ3v) is 5.77. The lowest BCUT2D eigenvalue weighted by Gasteiger charge is -2.19. The van der Waals surface area contributed by atoms with Crippen LogP contribution in [0, 0.1) is 0 Å². The maximum absolute atomic E-state index is 11.5. The quantitative estimate of drug-likeness (QED) is 0.534. The van der Waals surface area contributed by atoms with E-state index in [2.05, 4.69) is 60.7 Å². The molecule has 6 heteroatoms. The molecule has 0 saturated carbocycles. The monoisotopic (exact) mass is 415 g/mol. The summed E-state index contributed by atoms with van der Waals surface area (Å²) in [4.78, 5) is 5.02. The van der Waals surface area contributed by atoms with Crippen molar-refractivity contribution in [2.75, 3.05) is 19.3 Å². The topological polar surface area (TPSA) is 70.6 Å². The number of rotatable bonds is 7. The van der Waals surface area contributed by atoms with Gasteiger partial charge in [-0.25, -0.2) is 13.4 Å². The lowest BCUT2D eigenvalue weighted by atomic mass is 9.87. The van der Waals surface area contributed by atoms with Crippen LogP contribution in [-0.2, 0) is 28.2 Å². The third-order valence-electron chi connectivity index (χ3n) is 4.64. The molecule has 0 aromatic heterocycles. The molecule has 2 aromatic rings. The molecule has 0 amide bonds. The summed E-state index contributed by atoms with van der Waals surface area (Å²) in [6.07, 6.45) is 2.01. The van der Waals surface area contributed by atoms with Gasteiger partial charge in [0.05, 0.1) is 11.4 Å². The maximum atomic E-state index is 11.5. The second-order valence-electron chi connectivity index (χ2n) is 8.23. The van der Waals surface area contributed by atoms with E-state index in [0.29, 0.717) is 18.0 Å². The summed E-state index contributed by atoms with van der Waals surface area (Å²) in [5.41, 5.74) is 3.72. The van der Waals surface area contributed by atoms with Crippen LogP contribution in [0.15, 0.2) is 58.4 Å². The lowest BCUT2D eigenvalue weighted by Crippen LogP contribution is -2.38. The highest BCUT2D eigenvalue weighted by molar-refractivity contribution is 7.90. The van der Waals surface area contributed by atoms with Gasteiger partial charge in [-0.1, -0.05) is 57.2 Å². The first kappa shape index (κ1) is 22.9. The molecule has 0 bridgehead atoms. The average molecular weight is 416 g/mol. The molecule has 0 aliphatic rings. The highest BCUT2D eigenvalue weighted by atomic mass is 32.2. The molecule has 0 saturated heterocycles. The fourth-order valence-corrected chi connectivity index (χ4v) is 3.48. The highest BCUT2D eigenvalue weighted by Gasteiger charge is 2.12. The highest BCUT2D eigenvalue weighted by Crippen LogP contribution is 2.22. The number of hydrogen-bond acceptors (Lipinski definition) is 3. The molecule has 5 nitrogen and oxygen atoms in total. The first-order valence-electron chi connectivity index (χ1n) is 10.00. The summed E-state index contributed by atoms with van der Waals surface area (Å²) in [5.74, 6) is 0.778. The van der Waals surface area contributed by atoms with Crippen LogP contribution in [0.3, 0.4) is 0 Å².